The van der Waals surface area contributed by atoms with Crippen molar-refractivity contribution in [3.05, 3.63) is 58.9 Å². The lowest BCUT2D eigenvalue weighted by atomic mass is 10.1. The number of anilines is 1. The molecule has 2 aromatic carbocycles. The number of nitrogens with one attached hydrogen (secondary N) is 1. The summed E-state index contributed by atoms with van der Waals surface area (Å²) in [6.07, 6.45) is 0.978. The minimum absolute atomic E-state index is 0.0559. The molecular formula is C17H19ClFNO. The SMILES string of the molecule is CCCOc1ccc(C(C)Nc2c(F)cccc2Cl)cc1. The number of rotatable bonds is 6. The smallest absolute Gasteiger partial charge is 0.147 e. The summed E-state index contributed by atoms with van der Waals surface area (Å²) in [4.78, 5) is 0. The van der Waals surface area contributed by atoms with Gasteiger partial charge in [-0.2, -0.15) is 0 Å². The van der Waals surface area contributed by atoms with Crippen LogP contribution in [0, 0.1) is 5.82 Å². The van der Waals surface area contributed by atoms with Gasteiger partial charge in [0.1, 0.15) is 11.6 Å². The second-order valence-electron chi connectivity index (χ2n) is 4.88. The number of para-hydroxylation sites is 1. The van der Waals surface area contributed by atoms with Gasteiger partial charge >= 0.3 is 0 Å². The molecule has 1 atom stereocenters. The lowest BCUT2D eigenvalue weighted by Crippen LogP contribution is -2.08. The van der Waals surface area contributed by atoms with Gasteiger partial charge in [0.2, 0.25) is 0 Å². The van der Waals surface area contributed by atoms with Crippen molar-refractivity contribution >= 4 is 17.3 Å². The topological polar surface area (TPSA) is 21.3 Å². The third kappa shape index (κ3) is 4.11. The van der Waals surface area contributed by atoms with E-state index in [2.05, 4.69) is 12.2 Å². The van der Waals surface area contributed by atoms with E-state index in [0.29, 0.717) is 17.3 Å². The van der Waals surface area contributed by atoms with Gasteiger partial charge in [0.25, 0.3) is 0 Å². The minimum Gasteiger partial charge on any atom is -0.494 e. The first-order valence-electron chi connectivity index (χ1n) is 7.05. The van der Waals surface area contributed by atoms with Gasteiger partial charge in [0, 0.05) is 6.04 Å². The van der Waals surface area contributed by atoms with Crippen LogP contribution in [0.5, 0.6) is 5.75 Å². The van der Waals surface area contributed by atoms with Crippen LogP contribution >= 0.6 is 11.6 Å². The highest BCUT2D eigenvalue weighted by Crippen LogP contribution is 2.29. The number of hydrogen-bond acceptors (Lipinski definition) is 2. The molecule has 4 heteroatoms. The van der Waals surface area contributed by atoms with Crippen molar-refractivity contribution < 1.29 is 9.13 Å². The Morgan fingerprint density at radius 1 is 1.19 bits per heavy atom. The fraction of sp³-hybridized carbons (Fsp3) is 0.294. The van der Waals surface area contributed by atoms with Gasteiger partial charge in [-0.15, -0.1) is 0 Å². The quantitative estimate of drug-likeness (QED) is 0.767. The highest BCUT2D eigenvalue weighted by Gasteiger charge is 2.11. The molecule has 0 bridgehead atoms. The second-order valence-corrected chi connectivity index (χ2v) is 5.29. The summed E-state index contributed by atoms with van der Waals surface area (Å²) in [7, 11) is 0. The van der Waals surface area contributed by atoms with E-state index in [-0.39, 0.29) is 11.9 Å². The van der Waals surface area contributed by atoms with Gasteiger partial charge in [-0.25, -0.2) is 4.39 Å². The molecule has 0 spiro atoms. The van der Waals surface area contributed by atoms with Crippen molar-refractivity contribution in [3.8, 4) is 5.75 Å². The van der Waals surface area contributed by atoms with Crippen LogP contribution in [0.4, 0.5) is 10.1 Å². The number of halogens is 2. The highest BCUT2D eigenvalue weighted by molar-refractivity contribution is 6.33. The third-order valence-electron chi connectivity index (χ3n) is 3.18. The molecule has 0 heterocycles. The summed E-state index contributed by atoms with van der Waals surface area (Å²) >= 11 is 6.02. The normalized spacial score (nSPS) is 12.0. The summed E-state index contributed by atoms with van der Waals surface area (Å²) in [6.45, 7) is 4.74. The van der Waals surface area contributed by atoms with E-state index < -0.39 is 0 Å². The van der Waals surface area contributed by atoms with Gasteiger partial charge in [-0.05, 0) is 43.2 Å². The zero-order chi connectivity index (χ0) is 15.2. The molecule has 0 aliphatic carbocycles. The average Bonchev–Trinajstić information content (AvgIpc) is 2.49. The monoisotopic (exact) mass is 307 g/mol. The van der Waals surface area contributed by atoms with Crippen molar-refractivity contribution in [1.29, 1.82) is 0 Å². The fourth-order valence-corrected chi connectivity index (χ4v) is 2.23. The Kier molecular flexibility index (Phi) is 5.45. The predicted octanol–water partition coefficient (Wildman–Crippen LogP) is 5.44. The molecule has 0 aromatic heterocycles. The molecule has 0 saturated heterocycles. The molecule has 1 N–H and O–H groups in total. The maximum absolute atomic E-state index is 13.8. The molecule has 0 radical (unpaired) electrons. The Morgan fingerprint density at radius 2 is 1.90 bits per heavy atom. The Balaban J connectivity index is 2.08. The van der Waals surface area contributed by atoms with Crippen molar-refractivity contribution in [2.24, 2.45) is 0 Å². The average molecular weight is 308 g/mol. The summed E-state index contributed by atoms with van der Waals surface area (Å²) < 4.78 is 19.3. The van der Waals surface area contributed by atoms with E-state index in [4.69, 9.17) is 16.3 Å². The van der Waals surface area contributed by atoms with E-state index >= 15 is 0 Å². The van der Waals surface area contributed by atoms with Crippen LogP contribution in [0.25, 0.3) is 0 Å². The van der Waals surface area contributed by atoms with E-state index in [9.17, 15) is 4.39 Å². The molecule has 112 valence electrons. The lowest BCUT2D eigenvalue weighted by Gasteiger charge is -2.17. The highest BCUT2D eigenvalue weighted by atomic mass is 35.5. The molecule has 0 fully saturated rings. The van der Waals surface area contributed by atoms with Crippen LogP contribution < -0.4 is 10.1 Å². The van der Waals surface area contributed by atoms with E-state index in [1.54, 1.807) is 12.1 Å². The molecule has 2 rings (SSSR count). The van der Waals surface area contributed by atoms with E-state index in [1.165, 1.54) is 6.07 Å². The Hall–Kier alpha value is -1.74. The van der Waals surface area contributed by atoms with Crippen molar-refractivity contribution in [2.45, 2.75) is 26.3 Å². The van der Waals surface area contributed by atoms with Crippen LogP contribution in [-0.2, 0) is 0 Å². The number of hydrogen-bond donors (Lipinski definition) is 1. The van der Waals surface area contributed by atoms with Gasteiger partial charge < -0.3 is 10.1 Å². The van der Waals surface area contributed by atoms with Crippen LogP contribution in [0.1, 0.15) is 31.9 Å². The summed E-state index contributed by atoms with van der Waals surface area (Å²) in [5.41, 5.74) is 1.37. The molecule has 0 aliphatic rings. The molecule has 0 aliphatic heterocycles. The lowest BCUT2D eigenvalue weighted by molar-refractivity contribution is 0.317. The molecule has 2 nitrogen and oxygen atoms in total. The summed E-state index contributed by atoms with van der Waals surface area (Å²) in [5.74, 6) is 0.494. The van der Waals surface area contributed by atoms with Crippen LogP contribution in [0.3, 0.4) is 0 Å². The summed E-state index contributed by atoms with van der Waals surface area (Å²) in [5, 5.41) is 3.49. The van der Waals surface area contributed by atoms with Crippen LogP contribution in [-0.4, -0.2) is 6.61 Å². The molecule has 0 amide bonds. The summed E-state index contributed by atoms with van der Waals surface area (Å²) in [6, 6.07) is 12.4. The van der Waals surface area contributed by atoms with Crippen molar-refractivity contribution in [2.75, 3.05) is 11.9 Å². The van der Waals surface area contributed by atoms with Crippen LogP contribution in [0.2, 0.25) is 5.02 Å². The second kappa shape index (κ2) is 7.32. The first-order valence-corrected chi connectivity index (χ1v) is 7.43. The van der Waals surface area contributed by atoms with E-state index in [1.807, 2.05) is 31.2 Å². The Morgan fingerprint density at radius 3 is 2.52 bits per heavy atom. The third-order valence-corrected chi connectivity index (χ3v) is 3.49. The van der Waals surface area contributed by atoms with Crippen molar-refractivity contribution in [3.63, 3.8) is 0 Å². The molecule has 2 aromatic rings. The van der Waals surface area contributed by atoms with Gasteiger partial charge in [-0.1, -0.05) is 36.7 Å². The minimum atomic E-state index is -0.350. The zero-order valence-corrected chi connectivity index (χ0v) is 13.0. The predicted molar refractivity (Wildman–Crippen MR) is 85.7 cm³/mol. The molecular weight excluding hydrogens is 289 g/mol. The standard InChI is InChI=1S/C17H19ClFNO/c1-3-11-21-14-9-7-13(8-10-14)12(2)20-17-15(18)5-4-6-16(17)19/h4-10,12,20H,3,11H2,1-2H3. The van der Waals surface area contributed by atoms with Gasteiger partial charge in [-0.3, -0.25) is 0 Å². The number of ether oxygens (including phenoxy) is 1. The maximum atomic E-state index is 13.8. The van der Waals surface area contributed by atoms with E-state index in [0.717, 1.165) is 17.7 Å². The molecule has 0 saturated carbocycles. The molecule has 21 heavy (non-hydrogen) atoms. The van der Waals surface area contributed by atoms with Gasteiger partial charge in [0.15, 0.2) is 0 Å². The fourth-order valence-electron chi connectivity index (χ4n) is 2.01. The van der Waals surface area contributed by atoms with Crippen LogP contribution in [0.15, 0.2) is 42.5 Å². The van der Waals surface area contributed by atoms with Gasteiger partial charge in [0.05, 0.1) is 17.3 Å². The first kappa shape index (κ1) is 15.6. The Labute approximate surface area is 129 Å². The Bertz CT molecular complexity index is 566. The zero-order valence-electron chi connectivity index (χ0n) is 12.2. The molecule has 1 unspecified atom stereocenters. The first-order chi connectivity index (χ1) is 10.1. The van der Waals surface area contributed by atoms with Crippen molar-refractivity contribution in [1.82, 2.24) is 0 Å². The largest absolute Gasteiger partial charge is 0.494 e. The maximum Gasteiger partial charge on any atom is 0.147 e. The number of benzene rings is 2.